The lowest BCUT2D eigenvalue weighted by molar-refractivity contribution is -0.122. The first-order valence-electron chi connectivity index (χ1n) is 9.59. The van der Waals surface area contributed by atoms with Gasteiger partial charge in [0.05, 0.1) is 6.04 Å². The van der Waals surface area contributed by atoms with Crippen LogP contribution in [0.4, 0.5) is 5.69 Å². The first-order valence-corrected chi connectivity index (χ1v) is 9.59. The molecule has 3 N–H and O–H groups in total. The maximum Gasteiger partial charge on any atom is 0.265 e. The minimum Gasteiger partial charge on any atom is -0.481 e. The molecule has 6 heteroatoms. The lowest BCUT2D eigenvalue weighted by Crippen LogP contribution is -2.39. The van der Waals surface area contributed by atoms with Crippen molar-refractivity contribution in [2.75, 3.05) is 11.9 Å². The zero-order valence-corrected chi connectivity index (χ0v) is 16.4. The molecule has 0 spiro atoms. The molecule has 1 heterocycles. The van der Waals surface area contributed by atoms with Crippen molar-refractivity contribution in [3.8, 4) is 5.75 Å². The highest BCUT2D eigenvalue weighted by Crippen LogP contribution is 2.21. The average molecular weight is 381 g/mol. The second-order valence-corrected chi connectivity index (χ2v) is 7.30. The number of amides is 2. The van der Waals surface area contributed by atoms with Crippen LogP contribution >= 0.6 is 0 Å². The minimum atomic E-state index is -0.622. The number of rotatable bonds is 7. The van der Waals surface area contributed by atoms with Gasteiger partial charge in [-0.25, -0.2) is 0 Å². The van der Waals surface area contributed by atoms with Crippen LogP contribution in [0.15, 0.2) is 48.5 Å². The summed E-state index contributed by atoms with van der Waals surface area (Å²) in [6.07, 6.45) is 1.15. The van der Waals surface area contributed by atoms with E-state index in [4.69, 9.17) is 10.5 Å². The lowest BCUT2D eigenvalue weighted by atomic mass is 10.1. The van der Waals surface area contributed by atoms with Crippen LogP contribution in [0.1, 0.15) is 30.9 Å². The Hall–Kier alpha value is -2.86. The number of carbonyl (C=O) groups excluding carboxylic acids is 2. The third-order valence-electron chi connectivity index (χ3n) is 4.94. The third-order valence-corrected chi connectivity index (χ3v) is 4.94. The van der Waals surface area contributed by atoms with E-state index in [1.54, 1.807) is 6.92 Å². The molecule has 2 amide bonds. The summed E-state index contributed by atoms with van der Waals surface area (Å²) in [6, 6.07) is 15.1. The van der Waals surface area contributed by atoms with Crippen molar-refractivity contribution >= 4 is 17.5 Å². The van der Waals surface area contributed by atoms with Crippen molar-refractivity contribution in [2.24, 2.45) is 5.73 Å². The van der Waals surface area contributed by atoms with Gasteiger partial charge in [-0.05, 0) is 68.6 Å². The van der Waals surface area contributed by atoms with E-state index in [0.717, 1.165) is 30.5 Å². The van der Waals surface area contributed by atoms with E-state index in [1.807, 2.05) is 55.5 Å². The fourth-order valence-corrected chi connectivity index (χ4v) is 3.51. The molecule has 2 aromatic carbocycles. The van der Waals surface area contributed by atoms with E-state index in [9.17, 15) is 9.59 Å². The molecule has 3 rings (SSSR count). The Morgan fingerprint density at radius 1 is 1.25 bits per heavy atom. The quantitative estimate of drug-likeness (QED) is 0.772. The molecule has 0 aliphatic carbocycles. The second kappa shape index (κ2) is 8.89. The molecule has 28 heavy (non-hydrogen) atoms. The van der Waals surface area contributed by atoms with Crippen molar-refractivity contribution in [1.29, 1.82) is 0 Å². The number of nitrogens with one attached hydrogen (secondary N) is 1. The fraction of sp³-hybridized carbons (Fsp3) is 0.364. The highest BCUT2D eigenvalue weighted by molar-refractivity contribution is 5.94. The van der Waals surface area contributed by atoms with E-state index in [2.05, 4.69) is 10.2 Å². The van der Waals surface area contributed by atoms with Gasteiger partial charge in [0.1, 0.15) is 5.75 Å². The zero-order valence-electron chi connectivity index (χ0n) is 16.4. The molecule has 0 aromatic heterocycles. The van der Waals surface area contributed by atoms with Gasteiger partial charge in [0.15, 0.2) is 6.10 Å². The number of ether oxygens (including phenoxy) is 1. The molecule has 2 unspecified atom stereocenters. The number of aryl methyl sites for hydroxylation is 1. The maximum absolute atomic E-state index is 12.5. The predicted molar refractivity (Wildman–Crippen MR) is 109 cm³/mol. The van der Waals surface area contributed by atoms with Gasteiger partial charge in [0, 0.05) is 12.2 Å². The van der Waals surface area contributed by atoms with Gasteiger partial charge in [-0.15, -0.1) is 0 Å². The summed E-state index contributed by atoms with van der Waals surface area (Å²) in [5.74, 6) is 0.182. The Labute approximate surface area is 165 Å². The number of nitrogens with two attached hydrogens (primary N) is 1. The van der Waals surface area contributed by atoms with Crippen LogP contribution < -0.4 is 15.8 Å². The van der Waals surface area contributed by atoms with Gasteiger partial charge < -0.3 is 15.8 Å². The predicted octanol–water partition coefficient (Wildman–Crippen LogP) is 2.85. The molecule has 1 aliphatic heterocycles. The summed E-state index contributed by atoms with van der Waals surface area (Å²) in [4.78, 5) is 26.2. The van der Waals surface area contributed by atoms with Crippen LogP contribution in [0.5, 0.6) is 5.75 Å². The van der Waals surface area contributed by atoms with Gasteiger partial charge in [-0.3, -0.25) is 14.5 Å². The van der Waals surface area contributed by atoms with Crippen LogP contribution in [0.25, 0.3) is 0 Å². The van der Waals surface area contributed by atoms with Crippen LogP contribution in [0, 0.1) is 6.92 Å². The first kappa shape index (κ1) is 19.9. The SMILES string of the molecule is Cc1cccc(OC(C)C(=O)Nc2cccc(CN3CCCC3C(N)=O)c2)c1. The Balaban J connectivity index is 1.60. The van der Waals surface area contributed by atoms with E-state index >= 15 is 0 Å². The largest absolute Gasteiger partial charge is 0.481 e. The van der Waals surface area contributed by atoms with Crippen molar-refractivity contribution in [2.45, 2.75) is 45.4 Å². The molecular formula is C22H27N3O3. The normalized spacial score (nSPS) is 17.9. The molecule has 6 nitrogen and oxygen atoms in total. The third kappa shape index (κ3) is 5.10. The molecule has 2 aromatic rings. The van der Waals surface area contributed by atoms with Gasteiger partial charge in [0.2, 0.25) is 5.91 Å². The van der Waals surface area contributed by atoms with E-state index < -0.39 is 6.10 Å². The Morgan fingerprint density at radius 3 is 2.79 bits per heavy atom. The van der Waals surface area contributed by atoms with Crippen molar-refractivity contribution < 1.29 is 14.3 Å². The van der Waals surface area contributed by atoms with Gasteiger partial charge >= 0.3 is 0 Å². The number of benzene rings is 2. The monoisotopic (exact) mass is 381 g/mol. The summed E-state index contributed by atoms with van der Waals surface area (Å²) in [5.41, 5.74) is 8.30. The number of hydrogen-bond acceptors (Lipinski definition) is 4. The summed E-state index contributed by atoms with van der Waals surface area (Å²) in [6.45, 7) is 5.19. The molecule has 148 valence electrons. The first-order chi connectivity index (χ1) is 13.4. The van der Waals surface area contributed by atoms with E-state index in [-0.39, 0.29) is 17.9 Å². The van der Waals surface area contributed by atoms with Crippen LogP contribution in [-0.4, -0.2) is 35.4 Å². The topological polar surface area (TPSA) is 84.7 Å². The second-order valence-electron chi connectivity index (χ2n) is 7.30. The van der Waals surface area contributed by atoms with Crippen molar-refractivity contribution in [3.05, 3.63) is 59.7 Å². The van der Waals surface area contributed by atoms with Crippen molar-refractivity contribution in [1.82, 2.24) is 4.90 Å². The molecule has 1 saturated heterocycles. The molecule has 1 fully saturated rings. The molecular weight excluding hydrogens is 354 g/mol. The van der Waals surface area contributed by atoms with Gasteiger partial charge in [-0.2, -0.15) is 0 Å². The van der Waals surface area contributed by atoms with Crippen LogP contribution in [-0.2, 0) is 16.1 Å². The summed E-state index contributed by atoms with van der Waals surface area (Å²) < 4.78 is 5.74. The highest BCUT2D eigenvalue weighted by Gasteiger charge is 2.28. The summed E-state index contributed by atoms with van der Waals surface area (Å²) in [7, 11) is 0. The maximum atomic E-state index is 12.5. The summed E-state index contributed by atoms with van der Waals surface area (Å²) in [5, 5.41) is 2.90. The number of hydrogen-bond donors (Lipinski definition) is 2. The van der Waals surface area contributed by atoms with Gasteiger partial charge in [-0.1, -0.05) is 24.3 Å². The standard InChI is InChI=1S/C22H27N3O3/c1-15-6-3-9-19(12-15)28-16(2)22(27)24-18-8-4-7-17(13-18)14-25-11-5-10-20(25)21(23)26/h3-4,6-9,12-13,16,20H,5,10-11,14H2,1-2H3,(H2,23,26)(H,24,27). The summed E-state index contributed by atoms with van der Waals surface area (Å²) >= 11 is 0. The molecule has 0 saturated carbocycles. The fourth-order valence-electron chi connectivity index (χ4n) is 3.51. The molecule has 2 atom stereocenters. The zero-order chi connectivity index (χ0) is 20.1. The molecule has 1 aliphatic rings. The Kier molecular flexibility index (Phi) is 6.31. The Bertz CT molecular complexity index is 852. The average Bonchev–Trinajstić information content (AvgIpc) is 3.10. The Morgan fingerprint density at radius 2 is 2.04 bits per heavy atom. The lowest BCUT2D eigenvalue weighted by Gasteiger charge is -2.22. The number of anilines is 1. The van der Waals surface area contributed by atoms with Gasteiger partial charge in [0.25, 0.3) is 5.91 Å². The molecule has 0 radical (unpaired) electrons. The number of primary amides is 1. The van der Waals surface area contributed by atoms with E-state index in [0.29, 0.717) is 18.0 Å². The molecule has 0 bridgehead atoms. The number of nitrogens with zero attached hydrogens (tertiary/aromatic N) is 1. The number of carbonyl (C=O) groups is 2. The van der Waals surface area contributed by atoms with Crippen LogP contribution in [0.2, 0.25) is 0 Å². The minimum absolute atomic E-state index is 0.207. The van der Waals surface area contributed by atoms with E-state index in [1.165, 1.54) is 0 Å². The smallest absolute Gasteiger partial charge is 0.265 e. The van der Waals surface area contributed by atoms with Crippen LogP contribution in [0.3, 0.4) is 0 Å². The highest BCUT2D eigenvalue weighted by atomic mass is 16.5. The number of likely N-dealkylation sites (tertiary alicyclic amines) is 1. The van der Waals surface area contributed by atoms with Crippen molar-refractivity contribution in [3.63, 3.8) is 0 Å².